The number of carbonyl (C=O) groups excluding carboxylic acids is 1. The molecule has 94 valence electrons. The lowest BCUT2D eigenvalue weighted by Gasteiger charge is -2.34. The number of hydrogen-bond donors (Lipinski definition) is 2. The summed E-state index contributed by atoms with van der Waals surface area (Å²) in [6, 6.07) is -0.124. The molecule has 0 aromatic carbocycles. The number of nitrogens with zero attached hydrogens (tertiary/aromatic N) is 1. The van der Waals surface area contributed by atoms with Gasteiger partial charge in [-0.2, -0.15) is 0 Å². The lowest BCUT2D eigenvalue weighted by molar-refractivity contribution is -0.122. The second-order valence-corrected chi connectivity index (χ2v) is 5.78. The Kier molecular flexibility index (Phi) is 4.69. The average Bonchev–Trinajstić information content (AvgIpc) is 2.18. The van der Waals surface area contributed by atoms with Crippen molar-refractivity contribution in [3.8, 4) is 0 Å². The van der Waals surface area contributed by atoms with Crippen molar-refractivity contribution in [3.63, 3.8) is 0 Å². The highest BCUT2D eigenvalue weighted by molar-refractivity contribution is 7.89. The first-order valence-electron chi connectivity index (χ1n) is 5.37. The number of nitrogens with two attached hydrogens (primary N) is 1. The van der Waals surface area contributed by atoms with E-state index in [2.05, 4.69) is 5.32 Å². The van der Waals surface area contributed by atoms with Crippen LogP contribution in [0.5, 0.6) is 0 Å². The number of piperidine rings is 1. The summed E-state index contributed by atoms with van der Waals surface area (Å²) in [5.41, 5.74) is 0. The topological polar surface area (TPSA) is 92.5 Å². The highest BCUT2D eigenvalue weighted by atomic mass is 32.2. The van der Waals surface area contributed by atoms with Crippen LogP contribution in [-0.2, 0) is 14.8 Å². The van der Waals surface area contributed by atoms with Gasteiger partial charge in [0.05, 0.1) is 12.3 Å². The Balaban J connectivity index is 2.60. The molecular weight excluding hydrogens is 230 g/mol. The molecule has 0 bridgehead atoms. The fraction of sp³-hybridized carbons (Fsp3) is 0.889. The third kappa shape index (κ3) is 4.46. The molecule has 1 saturated heterocycles. The van der Waals surface area contributed by atoms with Gasteiger partial charge in [0.25, 0.3) is 0 Å². The number of carbonyl (C=O) groups is 1. The molecule has 0 spiro atoms. The van der Waals surface area contributed by atoms with Gasteiger partial charge < -0.3 is 5.32 Å². The normalized spacial score (nSPS) is 23.0. The summed E-state index contributed by atoms with van der Waals surface area (Å²) in [7, 11) is -1.90. The number of likely N-dealkylation sites (tertiary alicyclic amines) is 1. The molecule has 1 atom stereocenters. The summed E-state index contributed by atoms with van der Waals surface area (Å²) < 4.78 is 22.1. The van der Waals surface area contributed by atoms with E-state index in [-0.39, 0.29) is 24.2 Å². The van der Waals surface area contributed by atoms with Gasteiger partial charge in [0.15, 0.2) is 0 Å². The molecule has 1 aliphatic rings. The van der Waals surface area contributed by atoms with Crippen LogP contribution in [0.15, 0.2) is 0 Å². The smallest absolute Gasteiger partial charge is 0.233 e. The first-order valence-corrected chi connectivity index (χ1v) is 7.09. The highest BCUT2D eigenvalue weighted by Gasteiger charge is 2.26. The summed E-state index contributed by atoms with van der Waals surface area (Å²) in [4.78, 5) is 13.2. The van der Waals surface area contributed by atoms with Gasteiger partial charge in [-0.1, -0.05) is 6.42 Å². The maximum atomic E-state index is 11.3. The number of likely N-dealkylation sites (N-methyl/N-ethyl adjacent to an activating group) is 1. The van der Waals surface area contributed by atoms with Gasteiger partial charge >= 0.3 is 0 Å². The zero-order chi connectivity index (χ0) is 12.2. The number of amides is 1. The summed E-state index contributed by atoms with van der Waals surface area (Å²) in [6.45, 7) is 1.00. The predicted molar refractivity (Wildman–Crippen MR) is 61.3 cm³/mol. The first-order chi connectivity index (χ1) is 7.42. The molecule has 3 N–H and O–H groups in total. The standard InChI is InChI=1S/C9H19N3O3S/c1-11-9(13)6-12-5-3-2-4-8(12)7-16(10,14)15/h8H,2-7H2,1H3,(H,11,13)(H2,10,14,15). The molecule has 0 aliphatic carbocycles. The first kappa shape index (κ1) is 13.4. The Morgan fingerprint density at radius 1 is 1.50 bits per heavy atom. The van der Waals surface area contributed by atoms with Gasteiger partial charge in [-0.3, -0.25) is 9.69 Å². The van der Waals surface area contributed by atoms with Gasteiger partial charge in [-0.05, 0) is 19.4 Å². The zero-order valence-electron chi connectivity index (χ0n) is 9.48. The summed E-state index contributed by atoms with van der Waals surface area (Å²) in [6.07, 6.45) is 2.77. The van der Waals surface area contributed by atoms with Crippen LogP contribution in [-0.4, -0.2) is 51.2 Å². The molecule has 16 heavy (non-hydrogen) atoms. The van der Waals surface area contributed by atoms with Gasteiger partial charge in [0.1, 0.15) is 0 Å². The minimum absolute atomic E-state index is 0.0655. The summed E-state index contributed by atoms with van der Waals surface area (Å²) in [5, 5.41) is 7.57. The van der Waals surface area contributed by atoms with Crippen LogP contribution in [0.2, 0.25) is 0 Å². The van der Waals surface area contributed by atoms with Crippen LogP contribution in [0.25, 0.3) is 0 Å². The molecule has 0 aromatic rings. The van der Waals surface area contributed by atoms with E-state index >= 15 is 0 Å². The van der Waals surface area contributed by atoms with E-state index in [1.807, 2.05) is 4.90 Å². The average molecular weight is 249 g/mol. The van der Waals surface area contributed by atoms with Crippen LogP contribution < -0.4 is 10.5 Å². The maximum absolute atomic E-state index is 11.3. The number of primary sulfonamides is 1. The Hall–Kier alpha value is -0.660. The molecule has 1 aliphatic heterocycles. The molecule has 1 unspecified atom stereocenters. The third-order valence-electron chi connectivity index (χ3n) is 2.80. The highest BCUT2D eigenvalue weighted by Crippen LogP contribution is 2.17. The minimum atomic E-state index is -3.47. The van der Waals surface area contributed by atoms with Gasteiger partial charge in [-0.15, -0.1) is 0 Å². The van der Waals surface area contributed by atoms with Gasteiger partial charge in [0.2, 0.25) is 15.9 Å². The molecular formula is C9H19N3O3S. The lowest BCUT2D eigenvalue weighted by Crippen LogP contribution is -2.48. The van der Waals surface area contributed by atoms with E-state index in [0.29, 0.717) is 0 Å². The predicted octanol–water partition coefficient (Wildman–Crippen LogP) is -1.12. The largest absolute Gasteiger partial charge is 0.358 e. The molecule has 1 rings (SSSR count). The molecule has 1 fully saturated rings. The Morgan fingerprint density at radius 3 is 2.75 bits per heavy atom. The molecule has 0 radical (unpaired) electrons. The quantitative estimate of drug-likeness (QED) is 0.660. The Labute approximate surface area is 96.2 Å². The molecule has 0 aromatic heterocycles. The van der Waals surface area contributed by atoms with Crippen molar-refractivity contribution in [2.24, 2.45) is 5.14 Å². The fourth-order valence-electron chi connectivity index (χ4n) is 1.99. The molecule has 1 amide bonds. The number of nitrogens with one attached hydrogen (secondary N) is 1. The summed E-state index contributed by atoms with van der Waals surface area (Å²) >= 11 is 0. The Bertz CT molecular complexity index is 342. The lowest BCUT2D eigenvalue weighted by atomic mass is 10.0. The maximum Gasteiger partial charge on any atom is 0.233 e. The van der Waals surface area contributed by atoms with Crippen molar-refractivity contribution in [1.29, 1.82) is 0 Å². The molecule has 1 heterocycles. The molecule has 7 heteroatoms. The van der Waals surface area contributed by atoms with E-state index in [0.717, 1.165) is 25.8 Å². The second-order valence-electron chi connectivity index (χ2n) is 4.12. The van der Waals surface area contributed by atoms with E-state index in [1.165, 1.54) is 0 Å². The van der Waals surface area contributed by atoms with Crippen molar-refractivity contribution in [2.45, 2.75) is 25.3 Å². The third-order valence-corrected chi connectivity index (χ3v) is 3.65. The van der Waals surface area contributed by atoms with E-state index < -0.39 is 10.0 Å². The van der Waals surface area contributed by atoms with Gasteiger partial charge in [-0.25, -0.2) is 13.6 Å². The van der Waals surface area contributed by atoms with Crippen LogP contribution in [0.4, 0.5) is 0 Å². The van der Waals surface area contributed by atoms with Crippen molar-refractivity contribution in [3.05, 3.63) is 0 Å². The number of rotatable bonds is 4. The van der Waals surface area contributed by atoms with Crippen LogP contribution in [0.1, 0.15) is 19.3 Å². The molecule has 0 saturated carbocycles. The Morgan fingerprint density at radius 2 is 2.19 bits per heavy atom. The van der Waals surface area contributed by atoms with Crippen molar-refractivity contribution in [2.75, 3.05) is 25.9 Å². The van der Waals surface area contributed by atoms with Crippen molar-refractivity contribution in [1.82, 2.24) is 10.2 Å². The number of sulfonamides is 1. The van der Waals surface area contributed by atoms with E-state index in [4.69, 9.17) is 5.14 Å². The van der Waals surface area contributed by atoms with E-state index in [1.54, 1.807) is 7.05 Å². The van der Waals surface area contributed by atoms with Gasteiger partial charge in [0, 0.05) is 13.1 Å². The van der Waals surface area contributed by atoms with Crippen molar-refractivity contribution < 1.29 is 13.2 Å². The van der Waals surface area contributed by atoms with Crippen LogP contribution in [0.3, 0.4) is 0 Å². The van der Waals surface area contributed by atoms with E-state index in [9.17, 15) is 13.2 Å². The zero-order valence-corrected chi connectivity index (χ0v) is 10.3. The SMILES string of the molecule is CNC(=O)CN1CCCCC1CS(N)(=O)=O. The summed E-state index contributed by atoms with van der Waals surface area (Å²) in [5.74, 6) is -0.161. The molecule has 6 nitrogen and oxygen atoms in total. The number of hydrogen-bond acceptors (Lipinski definition) is 4. The second kappa shape index (κ2) is 5.60. The van der Waals surface area contributed by atoms with Crippen LogP contribution >= 0.6 is 0 Å². The monoisotopic (exact) mass is 249 g/mol. The minimum Gasteiger partial charge on any atom is -0.358 e. The van der Waals surface area contributed by atoms with Crippen molar-refractivity contribution >= 4 is 15.9 Å². The fourth-order valence-corrected chi connectivity index (χ4v) is 2.90. The van der Waals surface area contributed by atoms with Crippen LogP contribution in [0, 0.1) is 0 Å².